The Labute approximate surface area is 99.0 Å². The number of nitrogens with one attached hydrogen (secondary N) is 1. The first kappa shape index (κ1) is 13.5. The second-order valence-electron chi connectivity index (χ2n) is 5.05. The number of nitrogens with zero attached hydrogens (tertiary/aromatic N) is 2. The van der Waals surface area contributed by atoms with Crippen LogP contribution in [0.1, 0.15) is 27.7 Å². The van der Waals surface area contributed by atoms with Crippen molar-refractivity contribution in [3.63, 3.8) is 0 Å². The first-order chi connectivity index (χ1) is 7.47. The van der Waals surface area contributed by atoms with Crippen LogP contribution in [0.5, 0.6) is 0 Å². The largest absolute Gasteiger partial charge is 0.358 e. The number of carbonyl (C=O) groups is 1. The molecule has 1 rings (SSSR count). The van der Waals surface area contributed by atoms with E-state index in [1.54, 1.807) is 7.05 Å². The SMILES string of the molecule is CNC(=O)C1CN(C(C)C)CCN1C(C)C. The third kappa shape index (κ3) is 2.95. The monoisotopic (exact) mass is 227 g/mol. The molecule has 0 aromatic rings. The molecule has 1 aliphatic rings. The number of piperazine rings is 1. The molecule has 1 amide bonds. The van der Waals surface area contributed by atoms with Crippen molar-refractivity contribution in [3.05, 3.63) is 0 Å². The van der Waals surface area contributed by atoms with Crippen LogP contribution in [-0.4, -0.2) is 60.5 Å². The van der Waals surface area contributed by atoms with E-state index in [0.29, 0.717) is 12.1 Å². The summed E-state index contributed by atoms with van der Waals surface area (Å²) in [7, 11) is 1.72. The maximum Gasteiger partial charge on any atom is 0.238 e. The summed E-state index contributed by atoms with van der Waals surface area (Å²) in [5, 5.41) is 2.77. The molecule has 1 atom stereocenters. The molecule has 0 spiro atoms. The van der Waals surface area contributed by atoms with Crippen molar-refractivity contribution in [2.24, 2.45) is 0 Å². The summed E-state index contributed by atoms with van der Waals surface area (Å²) in [6.45, 7) is 11.6. The van der Waals surface area contributed by atoms with E-state index in [4.69, 9.17) is 0 Å². The van der Waals surface area contributed by atoms with E-state index in [1.807, 2.05) is 0 Å². The summed E-state index contributed by atoms with van der Waals surface area (Å²) in [6, 6.07) is 0.944. The normalized spacial score (nSPS) is 24.1. The van der Waals surface area contributed by atoms with Crippen molar-refractivity contribution in [1.29, 1.82) is 0 Å². The number of hydrogen-bond acceptors (Lipinski definition) is 3. The Morgan fingerprint density at radius 2 is 1.81 bits per heavy atom. The fraction of sp³-hybridized carbons (Fsp3) is 0.917. The lowest BCUT2D eigenvalue weighted by molar-refractivity contribution is -0.129. The topological polar surface area (TPSA) is 35.6 Å². The molecule has 1 aliphatic heterocycles. The van der Waals surface area contributed by atoms with E-state index in [0.717, 1.165) is 19.6 Å². The lowest BCUT2D eigenvalue weighted by Gasteiger charge is -2.43. The fourth-order valence-corrected chi connectivity index (χ4v) is 2.31. The molecule has 4 nitrogen and oxygen atoms in total. The molecule has 1 N–H and O–H groups in total. The predicted molar refractivity (Wildman–Crippen MR) is 66.4 cm³/mol. The summed E-state index contributed by atoms with van der Waals surface area (Å²) in [5.74, 6) is 0.138. The zero-order chi connectivity index (χ0) is 12.3. The van der Waals surface area contributed by atoms with Crippen LogP contribution in [0.4, 0.5) is 0 Å². The smallest absolute Gasteiger partial charge is 0.238 e. The molecule has 1 saturated heterocycles. The lowest BCUT2D eigenvalue weighted by atomic mass is 10.1. The maximum atomic E-state index is 11.9. The van der Waals surface area contributed by atoms with Crippen LogP contribution in [0.15, 0.2) is 0 Å². The number of likely N-dealkylation sites (N-methyl/N-ethyl adjacent to an activating group) is 1. The van der Waals surface area contributed by atoms with Crippen LogP contribution in [-0.2, 0) is 4.79 Å². The fourth-order valence-electron chi connectivity index (χ4n) is 2.31. The minimum absolute atomic E-state index is 0.00106. The van der Waals surface area contributed by atoms with Crippen LogP contribution in [0, 0.1) is 0 Å². The van der Waals surface area contributed by atoms with E-state index >= 15 is 0 Å². The van der Waals surface area contributed by atoms with E-state index in [1.165, 1.54) is 0 Å². The summed E-state index contributed by atoms with van der Waals surface area (Å²) in [5.41, 5.74) is 0. The van der Waals surface area contributed by atoms with Crippen molar-refractivity contribution in [1.82, 2.24) is 15.1 Å². The van der Waals surface area contributed by atoms with Gasteiger partial charge in [0.25, 0.3) is 0 Å². The molecule has 0 aromatic heterocycles. The molecule has 16 heavy (non-hydrogen) atoms. The zero-order valence-electron chi connectivity index (χ0n) is 11.2. The van der Waals surface area contributed by atoms with Gasteiger partial charge < -0.3 is 5.32 Å². The summed E-state index contributed by atoms with van der Waals surface area (Å²) < 4.78 is 0. The lowest BCUT2D eigenvalue weighted by Crippen LogP contribution is -2.61. The molecule has 1 heterocycles. The van der Waals surface area contributed by atoms with Crippen molar-refractivity contribution < 1.29 is 4.79 Å². The van der Waals surface area contributed by atoms with E-state index < -0.39 is 0 Å². The van der Waals surface area contributed by atoms with Crippen LogP contribution in [0.25, 0.3) is 0 Å². The highest BCUT2D eigenvalue weighted by Crippen LogP contribution is 2.15. The van der Waals surface area contributed by atoms with Crippen LogP contribution >= 0.6 is 0 Å². The van der Waals surface area contributed by atoms with Crippen LogP contribution in [0.3, 0.4) is 0 Å². The van der Waals surface area contributed by atoms with Gasteiger partial charge in [0.1, 0.15) is 6.04 Å². The van der Waals surface area contributed by atoms with Crippen molar-refractivity contribution >= 4 is 5.91 Å². The highest BCUT2D eigenvalue weighted by atomic mass is 16.2. The molecule has 0 bridgehead atoms. The highest BCUT2D eigenvalue weighted by Gasteiger charge is 2.33. The molecule has 0 aromatic carbocycles. The number of rotatable bonds is 3. The number of carbonyl (C=O) groups excluding carboxylic acids is 1. The summed E-state index contributed by atoms with van der Waals surface area (Å²) in [4.78, 5) is 16.5. The van der Waals surface area contributed by atoms with Crippen LogP contribution in [0.2, 0.25) is 0 Å². The molecule has 1 unspecified atom stereocenters. The molecule has 0 saturated carbocycles. The quantitative estimate of drug-likeness (QED) is 0.764. The van der Waals surface area contributed by atoms with Crippen molar-refractivity contribution in [3.8, 4) is 0 Å². The Hall–Kier alpha value is -0.610. The van der Waals surface area contributed by atoms with Crippen molar-refractivity contribution in [2.45, 2.75) is 45.8 Å². The third-order valence-electron chi connectivity index (χ3n) is 3.40. The van der Waals surface area contributed by atoms with Gasteiger partial charge in [0.2, 0.25) is 5.91 Å². The Morgan fingerprint density at radius 1 is 1.19 bits per heavy atom. The van der Waals surface area contributed by atoms with Gasteiger partial charge in [0.05, 0.1) is 0 Å². The minimum Gasteiger partial charge on any atom is -0.358 e. The average Bonchev–Trinajstić information content (AvgIpc) is 2.26. The van der Waals surface area contributed by atoms with Gasteiger partial charge in [-0.3, -0.25) is 14.6 Å². The second-order valence-corrected chi connectivity index (χ2v) is 5.05. The molecule has 4 heteroatoms. The minimum atomic E-state index is 0.00106. The first-order valence-corrected chi connectivity index (χ1v) is 6.18. The van der Waals surface area contributed by atoms with Gasteiger partial charge >= 0.3 is 0 Å². The summed E-state index contributed by atoms with van der Waals surface area (Å²) >= 11 is 0. The average molecular weight is 227 g/mol. The van der Waals surface area contributed by atoms with E-state index in [-0.39, 0.29) is 11.9 Å². The van der Waals surface area contributed by atoms with Gasteiger partial charge in [-0.25, -0.2) is 0 Å². The standard InChI is InChI=1S/C12H25N3O/c1-9(2)14-6-7-15(10(3)4)11(8-14)12(16)13-5/h9-11H,6-8H2,1-5H3,(H,13,16). The van der Waals surface area contributed by atoms with Gasteiger partial charge in [-0.2, -0.15) is 0 Å². The third-order valence-corrected chi connectivity index (χ3v) is 3.40. The van der Waals surface area contributed by atoms with Gasteiger partial charge in [-0.15, -0.1) is 0 Å². The molecular formula is C12H25N3O. The molecular weight excluding hydrogens is 202 g/mol. The highest BCUT2D eigenvalue weighted by molar-refractivity contribution is 5.81. The second kappa shape index (κ2) is 5.64. The first-order valence-electron chi connectivity index (χ1n) is 6.18. The Kier molecular flexibility index (Phi) is 4.74. The van der Waals surface area contributed by atoms with Crippen LogP contribution < -0.4 is 5.32 Å². The van der Waals surface area contributed by atoms with E-state index in [9.17, 15) is 4.79 Å². The van der Waals surface area contributed by atoms with Gasteiger partial charge in [0.15, 0.2) is 0 Å². The summed E-state index contributed by atoms with van der Waals surface area (Å²) in [6.07, 6.45) is 0. The molecule has 0 aliphatic carbocycles. The van der Waals surface area contributed by atoms with Gasteiger partial charge in [-0.05, 0) is 27.7 Å². The van der Waals surface area contributed by atoms with Gasteiger partial charge in [0, 0.05) is 38.8 Å². The predicted octanol–water partition coefficient (Wildman–Crippen LogP) is 0.535. The number of hydrogen-bond donors (Lipinski definition) is 1. The molecule has 94 valence electrons. The van der Waals surface area contributed by atoms with E-state index in [2.05, 4.69) is 42.8 Å². The Bertz CT molecular complexity index is 240. The van der Waals surface area contributed by atoms with Gasteiger partial charge in [-0.1, -0.05) is 0 Å². The number of amides is 1. The maximum absolute atomic E-state index is 11.9. The van der Waals surface area contributed by atoms with Crippen molar-refractivity contribution in [2.75, 3.05) is 26.7 Å². The zero-order valence-corrected chi connectivity index (χ0v) is 11.2. The molecule has 1 fully saturated rings. The Morgan fingerprint density at radius 3 is 2.25 bits per heavy atom. The molecule has 0 radical (unpaired) electrons. The Balaban J connectivity index is 2.73.